The van der Waals surface area contributed by atoms with Crippen LogP contribution in [0.2, 0.25) is 5.02 Å². The van der Waals surface area contributed by atoms with Crippen molar-refractivity contribution < 1.29 is 4.74 Å². The number of piperidine rings is 1. The van der Waals surface area contributed by atoms with Gasteiger partial charge in [-0.2, -0.15) is 0 Å². The molecule has 1 fully saturated rings. The molecule has 1 atom stereocenters. The van der Waals surface area contributed by atoms with Crippen LogP contribution in [0.5, 0.6) is 5.75 Å². The number of likely N-dealkylation sites (tertiary alicyclic amines) is 1. The lowest BCUT2D eigenvalue weighted by atomic mass is 10.0. The third-order valence-corrected chi connectivity index (χ3v) is 4.59. The fraction of sp³-hybridized carbons (Fsp3) is 0.400. The molecule has 1 aliphatic heterocycles. The standard InChI is InChI=1S/C20H25ClN2O/c1-2-24-20-11-10-17(21)13-19(20)22-18-9-6-12-23(15-18)14-16-7-4-3-5-8-16/h3-5,7-8,10-11,13,18,22H,2,6,9,12,14-15H2,1H3. The highest BCUT2D eigenvalue weighted by Gasteiger charge is 2.21. The molecule has 0 spiro atoms. The van der Waals surface area contributed by atoms with Crippen molar-refractivity contribution in [1.82, 2.24) is 4.90 Å². The maximum atomic E-state index is 6.16. The lowest BCUT2D eigenvalue weighted by Crippen LogP contribution is -2.41. The highest BCUT2D eigenvalue weighted by molar-refractivity contribution is 6.30. The molecule has 2 aromatic carbocycles. The van der Waals surface area contributed by atoms with Gasteiger partial charge in [0.05, 0.1) is 12.3 Å². The van der Waals surface area contributed by atoms with Gasteiger partial charge in [0.2, 0.25) is 0 Å². The van der Waals surface area contributed by atoms with Crippen molar-refractivity contribution in [3.8, 4) is 5.75 Å². The van der Waals surface area contributed by atoms with Crippen LogP contribution in [0.4, 0.5) is 5.69 Å². The highest BCUT2D eigenvalue weighted by atomic mass is 35.5. The van der Waals surface area contributed by atoms with E-state index in [1.54, 1.807) is 0 Å². The van der Waals surface area contributed by atoms with Gasteiger partial charge in [0.15, 0.2) is 0 Å². The molecule has 0 bridgehead atoms. The van der Waals surface area contributed by atoms with Crippen LogP contribution >= 0.6 is 11.6 Å². The van der Waals surface area contributed by atoms with Gasteiger partial charge in [0.1, 0.15) is 5.75 Å². The van der Waals surface area contributed by atoms with Crippen molar-refractivity contribution in [2.45, 2.75) is 32.4 Å². The van der Waals surface area contributed by atoms with Crippen molar-refractivity contribution in [1.29, 1.82) is 0 Å². The summed E-state index contributed by atoms with van der Waals surface area (Å²) in [5.41, 5.74) is 2.37. The number of halogens is 1. The number of ether oxygens (including phenoxy) is 1. The van der Waals surface area contributed by atoms with Crippen molar-refractivity contribution >= 4 is 17.3 Å². The molecule has 1 N–H and O–H groups in total. The fourth-order valence-corrected chi connectivity index (χ4v) is 3.45. The fourth-order valence-electron chi connectivity index (χ4n) is 3.27. The minimum atomic E-state index is 0.417. The molecule has 0 amide bonds. The summed E-state index contributed by atoms with van der Waals surface area (Å²) in [7, 11) is 0. The summed E-state index contributed by atoms with van der Waals surface area (Å²) < 4.78 is 5.72. The van der Waals surface area contributed by atoms with Crippen LogP contribution in [0.25, 0.3) is 0 Å². The molecule has 1 saturated heterocycles. The third kappa shape index (κ3) is 4.65. The van der Waals surface area contributed by atoms with E-state index in [0.29, 0.717) is 12.6 Å². The Kier molecular flexibility index (Phi) is 6.00. The van der Waals surface area contributed by atoms with Crippen LogP contribution in [-0.2, 0) is 6.54 Å². The topological polar surface area (TPSA) is 24.5 Å². The van der Waals surface area contributed by atoms with E-state index in [4.69, 9.17) is 16.3 Å². The Hall–Kier alpha value is -1.71. The third-order valence-electron chi connectivity index (χ3n) is 4.36. The molecule has 128 valence electrons. The summed E-state index contributed by atoms with van der Waals surface area (Å²) in [4.78, 5) is 2.52. The maximum Gasteiger partial charge on any atom is 0.142 e. The van der Waals surface area contributed by atoms with Crippen LogP contribution in [0, 0.1) is 0 Å². The van der Waals surface area contributed by atoms with E-state index in [0.717, 1.165) is 36.1 Å². The van der Waals surface area contributed by atoms with E-state index in [1.165, 1.54) is 18.4 Å². The number of nitrogens with one attached hydrogen (secondary N) is 1. The van der Waals surface area contributed by atoms with E-state index < -0.39 is 0 Å². The molecule has 2 aromatic rings. The summed E-state index contributed by atoms with van der Waals surface area (Å²) in [6, 6.07) is 16.9. The van der Waals surface area contributed by atoms with Crippen LogP contribution < -0.4 is 10.1 Å². The zero-order valence-electron chi connectivity index (χ0n) is 14.2. The molecule has 0 radical (unpaired) electrons. The minimum Gasteiger partial charge on any atom is -0.492 e. The molecule has 4 heteroatoms. The SMILES string of the molecule is CCOc1ccc(Cl)cc1NC1CCCN(Cc2ccccc2)C1. The molecule has 1 aliphatic rings. The first-order chi connectivity index (χ1) is 11.7. The molecular formula is C20H25ClN2O. The lowest BCUT2D eigenvalue weighted by molar-refractivity contribution is 0.208. The van der Waals surface area contributed by atoms with Gasteiger partial charge in [-0.3, -0.25) is 4.90 Å². The van der Waals surface area contributed by atoms with E-state index in [1.807, 2.05) is 25.1 Å². The second-order valence-corrected chi connectivity index (χ2v) is 6.71. The van der Waals surface area contributed by atoms with Crippen molar-refractivity contribution in [3.05, 3.63) is 59.1 Å². The monoisotopic (exact) mass is 344 g/mol. The zero-order valence-corrected chi connectivity index (χ0v) is 14.9. The number of hydrogen-bond donors (Lipinski definition) is 1. The molecule has 0 aromatic heterocycles. The van der Waals surface area contributed by atoms with Crippen molar-refractivity contribution in [3.63, 3.8) is 0 Å². The number of rotatable bonds is 6. The smallest absolute Gasteiger partial charge is 0.142 e. The lowest BCUT2D eigenvalue weighted by Gasteiger charge is -2.34. The van der Waals surface area contributed by atoms with E-state index in [2.05, 4.69) is 40.5 Å². The van der Waals surface area contributed by atoms with Gasteiger partial charge in [-0.05, 0) is 50.1 Å². The first-order valence-corrected chi connectivity index (χ1v) is 9.07. The van der Waals surface area contributed by atoms with Crippen LogP contribution in [0.15, 0.2) is 48.5 Å². The number of benzene rings is 2. The predicted molar refractivity (Wildman–Crippen MR) is 101 cm³/mol. The molecule has 3 rings (SSSR count). The first-order valence-electron chi connectivity index (χ1n) is 8.70. The average Bonchev–Trinajstić information content (AvgIpc) is 2.59. The Morgan fingerprint density at radius 1 is 1.21 bits per heavy atom. The summed E-state index contributed by atoms with van der Waals surface area (Å²) in [6.07, 6.45) is 2.37. The van der Waals surface area contributed by atoms with Gasteiger partial charge < -0.3 is 10.1 Å². The van der Waals surface area contributed by atoms with Gasteiger partial charge in [-0.15, -0.1) is 0 Å². The van der Waals surface area contributed by atoms with E-state index in [9.17, 15) is 0 Å². The molecule has 3 nitrogen and oxygen atoms in total. The minimum absolute atomic E-state index is 0.417. The molecule has 1 heterocycles. The van der Waals surface area contributed by atoms with E-state index >= 15 is 0 Å². The Morgan fingerprint density at radius 3 is 2.83 bits per heavy atom. The van der Waals surface area contributed by atoms with Gasteiger partial charge in [0, 0.05) is 24.2 Å². The zero-order chi connectivity index (χ0) is 16.8. The van der Waals surface area contributed by atoms with Gasteiger partial charge in [0.25, 0.3) is 0 Å². The number of anilines is 1. The Morgan fingerprint density at radius 2 is 2.04 bits per heavy atom. The average molecular weight is 345 g/mol. The van der Waals surface area contributed by atoms with Crippen molar-refractivity contribution in [2.24, 2.45) is 0 Å². The number of nitrogens with zero attached hydrogens (tertiary/aromatic N) is 1. The summed E-state index contributed by atoms with van der Waals surface area (Å²) in [5.74, 6) is 0.877. The first kappa shape index (κ1) is 17.1. The Bertz CT molecular complexity index is 647. The quantitative estimate of drug-likeness (QED) is 0.813. The molecule has 1 unspecified atom stereocenters. The largest absolute Gasteiger partial charge is 0.492 e. The van der Waals surface area contributed by atoms with Crippen LogP contribution in [0.1, 0.15) is 25.3 Å². The molecule has 24 heavy (non-hydrogen) atoms. The van der Waals surface area contributed by atoms with Gasteiger partial charge >= 0.3 is 0 Å². The van der Waals surface area contributed by atoms with E-state index in [-0.39, 0.29) is 0 Å². The van der Waals surface area contributed by atoms with Crippen LogP contribution in [0.3, 0.4) is 0 Å². The normalized spacial score (nSPS) is 18.3. The summed E-state index contributed by atoms with van der Waals surface area (Å²) in [5, 5.41) is 4.37. The summed E-state index contributed by atoms with van der Waals surface area (Å²) >= 11 is 6.16. The van der Waals surface area contributed by atoms with Gasteiger partial charge in [-0.1, -0.05) is 41.9 Å². The van der Waals surface area contributed by atoms with Gasteiger partial charge in [-0.25, -0.2) is 0 Å². The maximum absolute atomic E-state index is 6.16. The Labute approximate surface area is 149 Å². The molecule has 0 saturated carbocycles. The second-order valence-electron chi connectivity index (χ2n) is 6.28. The summed E-state index contributed by atoms with van der Waals surface area (Å²) in [6.45, 7) is 5.85. The highest BCUT2D eigenvalue weighted by Crippen LogP contribution is 2.30. The molecular weight excluding hydrogens is 320 g/mol. The van der Waals surface area contributed by atoms with Crippen molar-refractivity contribution in [2.75, 3.05) is 25.0 Å². The molecule has 0 aliphatic carbocycles. The predicted octanol–water partition coefficient (Wildman–Crippen LogP) is 4.82. The number of hydrogen-bond acceptors (Lipinski definition) is 3. The Balaban J connectivity index is 1.64. The second kappa shape index (κ2) is 8.41. The van der Waals surface area contributed by atoms with Crippen LogP contribution in [-0.4, -0.2) is 30.6 Å².